The lowest BCUT2D eigenvalue weighted by atomic mass is 10.1. The summed E-state index contributed by atoms with van der Waals surface area (Å²) < 4.78 is 12.0. The van der Waals surface area contributed by atoms with Gasteiger partial charge in [0.2, 0.25) is 5.91 Å². The number of ether oxygens (including phenoxy) is 2. The van der Waals surface area contributed by atoms with Crippen LogP contribution in [0, 0.1) is 0 Å². The predicted octanol–water partition coefficient (Wildman–Crippen LogP) is 2.95. The van der Waals surface area contributed by atoms with Crippen LogP contribution in [-0.4, -0.2) is 23.8 Å². The summed E-state index contributed by atoms with van der Waals surface area (Å²) in [5.41, 5.74) is 6.75. The Bertz CT molecular complexity index is 878. The normalized spacial score (nSPS) is 17.3. The molecule has 1 heterocycles. The largest absolute Gasteiger partial charge is 0.448 e. The highest BCUT2D eigenvalue weighted by Gasteiger charge is 2.44. The van der Waals surface area contributed by atoms with E-state index in [0.717, 1.165) is 31.2 Å². The van der Waals surface area contributed by atoms with E-state index in [-0.39, 0.29) is 5.91 Å². The smallest absolute Gasteiger partial charge is 0.312 e. The lowest BCUT2D eigenvalue weighted by Crippen LogP contribution is -2.47. The maximum atomic E-state index is 12.7. The van der Waals surface area contributed by atoms with Gasteiger partial charge in [0.05, 0.1) is 0 Å². The van der Waals surface area contributed by atoms with Gasteiger partial charge in [-0.2, -0.15) is 0 Å². The predicted molar refractivity (Wildman–Crippen MR) is 104 cm³/mol. The molecule has 1 saturated carbocycles. The van der Waals surface area contributed by atoms with Crippen molar-refractivity contribution in [3.63, 3.8) is 0 Å². The summed E-state index contributed by atoms with van der Waals surface area (Å²) >= 11 is 0. The van der Waals surface area contributed by atoms with Gasteiger partial charge in [0.15, 0.2) is 11.5 Å². The molecule has 3 amide bonds. The van der Waals surface area contributed by atoms with Crippen LogP contribution in [0.25, 0.3) is 0 Å². The Morgan fingerprint density at radius 2 is 1.75 bits per heavy atom. The summed E-state index contributed by atoms with van der Waals surface area (Å²) in [6.07, 6.45) is 4.23. The van der Waals surface area contributed by atoms with Crippen molar-refractivity contribution in [1.82, 2.24) is 5.32 Å². The fraction of sp³-hybridized carbons (Fsp3) is 0.333. The van der Waals surface area contributed by atoms with E-state index < -0.39 is 17.9 Å². The number of nitrogens with two attached hydrogens (primary N) is 1. The minimum Gasteiger partial charge on any atom is -0.448 e. The van der Waals surface area contributed by atoms with Gasteiger partial charge in [0.1, 0.15) is 6.04 Å². The molecule has 2 aromatic carbocycles. The van der Waals surface area contributed by atoms with Crippen LogP contribution in [0.5, 0.6) is 11.5 Å². The second-order valence-electron chi connectivity index (χ2n) is 7.22. The topological polar surface area (TPSA) is 103 Å². The van der Waals surface area contributed by atoms with Gasteiger partial charge in [0, 0.05) is 31.0 Å². The SMILES string of the molecule is NC(=O)N[C@H](Cc1ccccc1)C(=O)Nc1ccc2c(c1)OC1(CCCC1)O2. The molecule has 146 valence electrons. The number of carbonyl (C=O) groups excluding carboxylic acids is 2. The first-order valence-corrected chi connectivity index (χ1v) is 9.46. The maximum Gasteiger partial charge on any atom is 0.312 e. The summed E-state index contributed by atoms with van der Waals surface area (Å²) in [7, 11) is 0. The summed E-state index contributed by atoms with van der Waals surface area (Å²) in [6, 6.07) is 13.2. The molecule has 4 rings (SSSR count). The standard InChI is InChI=1S/C21H23N3O4/c22-20(26)24-16(12-14-6-2-1-3-7-14)19(25)23-15-8-9-17-18(13-15)28-21(27-17)10-4-5-11-21/h1-3,6-9,13,16H,4-5,10-12H2,(H,23,25)(H3,22,24,26)/t16-/m1/s1. The summed E-state index contributed by atoms with van der Waals surface area (Å²) in [5, 5.41) is 5.34. The second-order valence-corrected chi connectivity index (χ2v) is 7.22. The van der Waals surface area contributed by atoms with Crippen LogP contribution >= 0.6 is 0 Å². The average Bonchev–Trinajstić information content (AvgIpc) is 3.27. The zero-order valence-corrected chi connectivity index (χ0v) is 15.4. The van der Waals surface area contributed by atoms with Crippen LogP contribution in [0.2, 0.25) is 0 Å². The zero-order valence-electron chi connectivity index (χ0n) is 15.4. The number of primary amides is 1. The minimum absolute atomic E-state index is 0.337. The number of hydrogen-bond donors (Lipinski definition) is 3. The van der Waals surface area contributed by atoms with Gasteiger partial charge < -0.3 is 25.8 Å². The van der Waals surface area contributed by atoms with E-state index in [1.807, 2.05) is 30.3 Å². The van der Waals surface area contributed by atoms with Gasteiger partial charge in [-0.15, -0.1) is 0 Å². The summed E-state index contributed by atoms with van der Waals surface area (Å²) in [6.45, 7) is 0. The highest BCUT2D eigenvalue weighted by atomic mass is 16.7. The van der Waals surface area contributed by atoms with Crippen molar-refractivity contribution in [1.29, 1.82) is 0 Å². The van der Waals surface area contributed by atoms with E-state index in [1.165, 1.54) is 0 Å². The van der Waals surface area contributed by atoms with Gasteiger partial charge in [-0.3, -0.25) is 4.79 Å². The lowest BCUT2D eigenvalue weighted by molar-refractivity contribution is -0.117. The number of anilines is 1. The molecule has 1 aliphatic heterocycles. The first-order valence-electron chi connectivity index (χ1n) is 9.46. The Morgan fingerprint density at radius 3 is 2.46 bits per heavy atom. The van der Waals surface area contributed by atoms with Crippen LogP contribution < -0.4 is 25.8 Å². The van der Waals surface area contributed by atoms with E-state index in [1.54, 1.807) is 18.2 Å². The van der Waals surface area contributed by atoms with Crippen molar-refractivity contribution in [3.05, 3.63) is 54.1 Å². The van der Waals surface area contributed by atoms with Crippen LogP contribution in [0.15, 0.2) is 48.5 Å². The van der Waals surface area contributed by atoms with E-state index in [0.29, 0.717) is 23.6 Å². The van der Waals surface area contributed by atoms with Crippen molar-refractivity contribution in [2.45, 2.75) is 43.9 Å². The number of carbonyl (C=O) groups is 2. The fourth-order valence-electron chi connectivity index (χ4n) is 3.75. The highest BCUT2D eigenvalue weighted by Crippen LogP contribution is 2.47. The van der Waals surface area contributed by atoms with Gasteiger partial charge in [-0.1, -0.05) is 30.3 Å². The van der Waals surface area contributed by atoms with Crippen molar-refractivity contribution in [3.8, 4) is 11.5 Å². The molecule has 1 aliphatic carbocycles. The number of rotatable bonds is 5. The maximum absolute atomic E-state index is 12.7. The van der Waals surface area contributed by atoms with E-state index in [4.69, 9.17) is 15.2 Å². The lowest BCUT2D eigenvalue weighted by Gasteiger charge is -2.21. The third kappa shape index (κ3) is 3.88. The molecular weight excluding hydrogens is 358 g/mol. The van der Waals surface area contributed by atoms with E-state index in [9.17, 15) is 9.59 Å². The molecule has 2 aliphatic rings. The zero-order chi connectivity index (χ0) is 19.6. The highest BCUT2D eigenvalue weighted by molar-refractivity contribution is 5.97. The van der Waals surface area contributed by atoms with Gasteiger partial charge >= 0.3 is 6.03 Å². The summed E-state index contributed by atoms with van der Waals surface area (Å²) in [5.74, 6) is 0.421. The minimum atomic E-state index is -0.786. The Hall–Kier alpha value is -3.22. The van der Waals surface area contributed by atoms with Crippen molar-refractivity contribution < 1.29 is 19.1 Å². The number of benzene rings is 2. The molecule has 0 aromatic heterocycles. The number of amides is 3. The van der Waals surface area contributed by atoms with Crippen LogP contribution in [-0.2, 0) is 11.2 Å². The van der Waals surface area contributed by atoms with Gasteiger partial charge in [0.25, 0.3) is 5.79 Å². The number of hydrogen-bond acceptors (Lipinski definition) is 4. The number of fused-ring (bicyclic) bond motifs is 1. The van der Waals surface area contributed by atoms with Gasteiger partial charge in [-0.05, 0) is 30.5 Å². The Kier molecular flexibility index (Phi) is 4.81. The molecule has 0 radical (unpaired) electrons. The number of nitrogens with one attached hydrogen (secondary N) is 2. The quantitative estimate of drug-likeness (QED) is 0.741. The molecule has 1 spiro atoms. The van der Waals surface area contributed by atoms with Crippen molar-refractivity contribution in [2.24, 2.45) is 5.73 Å². The number of urea groups is 1. The average molecular weight is 381 g/mol. The molecule has 2 aromatic rings. The Morgan fingerprint density at radius 1 is 1.04 bits per heavy atom. The first kappa shape index (κ1) is 18.2. The van der Waals surface area contributed by atoms with Gasteiger partial charge in [-0.25, -0.2) is 4.79 Å². The van der Waals surface area contributed by atoms with E-state index in [2.05, 4.69) is 10.6 Å². The second kappa shape index (κ2) is 7.42. The molecule has 7 heteroatoms. The van der Waals surface area contributed by atoms with E-state index >= 15 is 0 Å². The summed E-state index contributed by atoms with van der Waals surface area (Å²) in [4.78, 5) is 24.1. The molecule has 0 unspecified atom stereocenters. The third-order valence-electron chi connectivity index (χ3n) is 5.08. The molecule has 28 heavy (non-hydrogen) atoms. The van der Waals surface area contributed by atoms with Crippen LogP contribution in [0.3, 0.4) is 0 Å². The van der Waals surface area contributed by atoms with Crippen molar-refractivity contribution >= 4 is 17.6 Å². The molecule has 1 atom stereocenters. The molecule has 7 nitrogen and oxygen atoms in total. The van der Waals surface area contributed by atoms with Crippen LogP contribution in [0.4, 0.5) is 10.5 Å². The Balaban J connectivity index is 1.46. The monoisotopic (exact) mass is 381 g/mol. The fourth-order valence-corrected chi connectivity index (χ4v) is 3.75. The molecule has 4 N–H and O–H groups in total. The molecule has 0 saturated heterocycles. The van der Waals surface area contributed by atoms with Crippen molar-refractivity contribution in [2.75, 3.05) is 5.32 Å². The molecule has 0 bridgehead atoms. The first-order chi connectivity index (χ1) is 13.5. The van der Waals surface area contributed by atoms with Crippen LogP contribution in [0.1, 0.15) is 31.2 Å². The third-order valence-corrected chi connectivity index (χ3v) is 5.08. The molecular formula is C21H23N3O4. The molecule has 1 fully saturated rings. The Labute approximate surface area is 163 Å².